The number of amides is 1. The summed E-state index contributed by atoms with van der Waals surface area (Å²) in [5.74, 6) is -0.608. The molecule has 0 spiro atoms. The van der Waals surface area contributed by atoms with E-state index in [2.05, 4.69) is 4.74 Å². The van der Waals surface area contributed by atoms with Crippen molar-refractivity contribution >= 4 is 5.91 Å². The number of hydrogen-bond donors (Lipinski definition) is 1. The fourth-order valence-electron chi connectivity index (χ4n) is 0.795. The number of likely N-dealkylation sites (N-methyl/N-ethyl adjacent to an activating group) is 1. The van der Waals surface area contributed by atoms with Crippen LogP contribution in [0.25, 0.3) is 0 Å². The van der Waals surface area contributed by atoms with Crippen LogP contribution in [0.4, 0.5) is 13.2 Å². The lowest BCUT2D eigenvalue weighted by Gasteiger charge is -2.33. The van der Waals surface area contributed by atoms with Crippen molar-refractivity contribution in [3.8, 4) is 0 Å². The SMILES string of the molecule is CN(C(=O)COCC(F)(F)F)C(C)(C)CO. The van der Waals surface area contributed by atoms with Crippen molar-refractivity contribution in [3.05, 3.63) is 0 Å². The Balaban J connectivity index is 4.08. The zero-order valence-corrected chi connectivity index (χ0v) is 9.47. The van der Waals surface area contributed by atoms with Gasteiger partial charge in [0.25, 0.3) is 0 Å². The van der Waals surface area contributed by atoms with E-state index in [0.29, 0.717) is 0 Å². The van der Waals surface area contributed by atoms with Gasteiger partial charge in [-0.05, 0) is 13.8 Å². The second-order valence-electron chi connectivity index (χ2n) is 4.03. The fourth-order valence-corrected chi connectivity index (χ4v) is 0.795. The monoisotopic (exact) mass is 243 g/mol. The average Bonchev–Trinajstić information content (AvgIpc) is 2.14. The van der Waals surface area contributed by atoms with Crippen molar-refractivity contribution in [2.24, 2.45) is 0 Å². The molecule has 0 bridgehead atoms. The topological polar surface area (TPSA) is 49.8 Å². The van der Waals surface area contributed by atoms with Gasteiger partial charge in [0.05, 0.1) is 12.1 Å². The van der Waals surface area contributed by atoms with Crippen LogP contribution in [0.15, 0.2) is 0 Å². The maximum atomic E-state index is 11.7. The molecule has 0 rings (SSSR count). The van der Waals surface area contributed by atoms with Crippen molar-refractivity contribution in [3.63, 3.8) is 0 Å². The van der Waals surface area contributed by atoms with Crippen LogP contribution in [0, 0.1) is 0 Å². The Bertz CT molecular complexity index is 241. The molecule has 1 N–H and O–H groups in total. The molecule has 7 heteroatoms. The molecule has 1 amide bonds. The predicted octanol–water partition coefficient (Wildman–Crippen LogP) is 0.795. The number of ether oxygens (including phenoxy) is 1. The number of alkyl halides is 3. The van der Waals surface area contributed by atoms with E-state index in [9.17, 15) is 18.0 Å². The average molecular weight is 243 g/mol. The van der Waals surface area contributed by atoms with Gasteiger partial charge in [0.15, 0.2) is 0 Å². The molecule has 0 aliphatic carbocycles. The summed E-state index contributed by atoms with van der Waals surface area (Å²) in [4.78, 5) is 12.5. The first kappa shape index (κ1) is 15.2. The van der Waals surface area contributed by atoms with Gasteiger partial charge in [-0.15, -0.1) is 0 Å². The van der Waals surface area contributed by atoms with Gasteiger partial charge in [0.1, 0.15) is 13.2 Å². The molecule has 0 radical (unpaired) electrons. The molecule has 0 aromatic carbocycles. The number of carbonyl (C=O) groups is 1. The number of hydrogen-bond acceptors (Lipinski definition) is 3. The third-order valence-corrected chi connectivity index (χ3v) is 2.16. The lowest BCUT2D eigenvalue weighted by molar-refractivity contribution is -0.178. The molecule has 0 fully saturated rings. The second kappa shape index (κ2) is 5.49. The predicted molar refractivity (Wildman–Crippen MR) is 50.8 cm³/mol. The Kier molecular flexibility index (Phi) is 5.21. The molecule has 0 heterocycles. The number of carbonyl (C=O) groups excluding carboxylic acids is 1. The molecular formula is C9H16F3NO3. The summed E-state index contributed by atoms with van der Waals surface area (Å²) in [6, 6.07) is 0. The molecule has 16 heavy (non-hydrogen) atoms. The van der Waals surface area contributed by atoms with E-state index in [1.165, 1.54) is 7.05 Å². The largest absolute Gasteiger partial charge is 0.411 e. The molecule has 0 saturated heterocycles. The fraction of sp³-hybridized carbons (Fsp3) is 0.889. The van der Waals surface area contributed by atoms with Gasteiger partial charge in [-0.1, -0.05) is 0 Å². The van der Waals surface area contributed by atoms with Crippen molar-refractivity contribution in [1.82, 2.24) is 4.90 Å². The summed E-state index contributed by atoms with van der Waals surface area (Å²) in [5, 5.41) is 8.95. The van der Waals surface area contributed by atoms with Crippen LogP contribution in [0.1, 0.15) is 13.8 Å². The van der Waals surface area contributed by atoms with E-state index >= 15 is 0 Å². The summed E-state index contributed by atoms with van der Waals surface area (Å²) < 4.78 is 39.4. The molecule has 0 aliphatic heterocycles. The van der Waals surface area contributed by atoms with Crippen LogP contribution in [0.5, 0.6) is 0 Å². The van der Waals surface area contributed by atoms with E-state index in [1.54, 1.807) is 13.8 Å². The van der Waals surface area contributed by atoms with E-state index in [-0.39, 0.29) is 6.61 Å². The smallest absolute Gasteiger partial charge is 0.394 e. The van der Waals surface area contributed by atoms with Gasteiger partial charge in [0.2, 0.25) is 5.91 Å². The van der Waals surface area contributed by atoms with Crippen molar-refractivity contribution in [2.75, 3.05) is 26.9 Å². The lowest BCUT2D eigenvalue weighted by Crippen LogP contribution is -2.49. The second-order valence-corrected chi connectivity index (χ2v) is 4.03. The zero-order valence-electron chi connectivity index (χ0n) is 9.47. The van der Waals surface area contributed by atoms with E-state index in [1.807, 2.05) is 0 Å². The van der Waals surface area contributed by atoms with Crippen LogP contribution in [0.2, 0.25) is 0 Å². The van der Waals surface area contributed by atoms with E-state index in [0.717, 1.165) is 4.90 Å². The Labute approximate surface area is 92.0 Å². The minimum absolute atomic E-state index is 0.283. The van der Waals surface area contributed by atoms with E-state index < -0.39 is 30.8 Å². The molecule has 4 nitrogen and oxygen atoms in total. The summed E-state index contributed by atoms with van der Waals surface area (Å²) in [7, 11) is 1.40. The van der Waals surface area contributed by atoms with Gasteiger partial charge < -0.3 is 14.7 Å². The van der Waals surface area contributed by atoms with Crippen LogP contribution in [-0.2, 0) is 9.53 Å². The van der Waals surface area contributed by atoms with Crippen molar-refractivity contribution < 1.29 is 27.8 Å². The highest BCUT2D eigenvalue weighted by molar-refractivity contribution is 5.77. The van der Waals surface area contributed by atoms with Gasteiger partial charge in [0, 0.05) is 7.05 Å². The quantitative estimate of drug-likeness (QED) is 0.776. The van der Waals surface area contributed by atoms with Crippen LogP contribution >= 0.6 is 0 Å². The minimum Gasteiger partial charge on any atom is -0.394 e. The Hall–Kier alpha value is -0.820. The molecule has 0 aromatic rings. The molecule has 0 atom stereocenters. The summed E-state index contributed by atoms with van der Waals surface area (Å²) in [6.45, 7) is 0.795. The third-order valence-electron chi connectivity index (χ3n) is 2.16. The van der Waals surface area contributed by atoms with E-state index in [4.69, 9.17) is 5.11 Å². The van der Waals surface area contributed by atoms with Crippen molar-refractivity contribution in [2.45, 2.75) is 25.6 Å². The maximum absolute atomic E-state index is 11.7. The Morgan fingerprint density at radius 2 is 1.88 bits per heavy atom. The van der Waals surface area contributed by atoms with Gasteiger partial charge in [-0.3, -0.25) is 4.79 Å². The first-order valence-corrected chi connectivity index (χ1v) is 4.62. The molecule has 0 aromatic heterocycles. The summed E-state index contributed by atoms with van der Waals surface area (Å²) in [6.07, 6.45) is -4.44. The minimum atomic E-state index is -4.44. The lowest BCUT2D eigenvalue weighted by atomic mass is 10.1. The van der Waals surface area contributed by atoms with Crippen molar-refractivity contribution in [1.29, 1.82) is 0 Å². The Morgan fingerprint density at radius 3 is 2.25 bits per heavy atom. The van der Waals surface area contributed by atoms with Crippen LogP contribution in [0.3, 0.4) is 0 Å². The highest BCUT2D eigenvalue weighted by Crippen LogP contribution is 2.15. The standard InChI is InChI=1S/C9H16F3NO3/c1-8(2,5-14)13(3)7(15)4-16-6-9(10,11)12/h14H,4-6H2,1-3H3. The maximum Gasteiger partial charge on any atom is 0.411 e. The van der Waals surface area contributed by atoms with Gasteiger partial charge in [-0.2, -0.15) is 13.2 Å². The number of halogens is 3. The normalized spacial score (nSPS) is 12.7. The molecule has 0 unspecified atom stereocenters. The summed E-state index contributed by atoms with van der Waals surface area (Å²) in [5.41, 5.74) is -0.821. The summed E-state index contributed by atoms with van der Waals surface area (Å²) >= 11 is 0. The highest BCUT2D eigenvalue weighted by atomic mass is 19.4. The van der Waals surface area contributed by atoms with Gasteiger partial charge >= 0.3 is 6.18 Å². The number of nitrogens with zero attached hydrogens (tertiary/aromatic N) is 1. The Morgan fingerprint density at radius 1 is 1.38 bits per heavy atom. The molecule has 0 saturated carbocycles. The number of aliphatic hydroxyl groups excluding tert-OH is 1. The molecule has 0 aliphatic rings. The van der Waals surface area contributed by atoms with Crippen LogP contribution in [-0.4, -0.2) is 54.5 Å². The first-order valence-electron chi connectivity index (χ1n) is 4.62. The molecule has 96 valence electrons. The van der Waals surface area contributed by atoms with Gasteiger partial charge in [-0.25, -0.2) is 0 Å². The number of aliphatic hydroxyl groups is 1. The van der Waals surface area contributed by atoms with Crippen LogP contribution < -0.4 is 0 Å². The third kappa shape index (κ3) is 5.32. The number of rotatable bonds is 5. The zero-order chi connectivity index (χ0) is 13.0. The first-order chi connectivity index (χ1) is 7.10. The molecular weight excluding hydrogens is 227 g/mol. The highest BCUT2D eigenvalue weighted by Gasteiger charge is 2.30.